The molecule has 2 aliphatic heterocycles. The third-order valence-corrected chi connectivity index (χ3v) is 3.96. The minimum Gasteiger partial charge on any atom is -0.372 e. The van der Waals surface area contributed by atoms with Crippen LogP contribution in [0.3, 0.4) is 0 Å². The Labute approximate surface area is 116 Å². The number of carbonyl (C=O) groups excluding carboxylic acids is 1. The zero-order valence-electron chi connectivity index (χ0n) is 11.6. The number of halogens is 1. The Balaban J connectivity index is 0.00000162. The van der Waals surface area contributed by atoms with Gasteiger partial charge in [0, 0.05) is 13.1 Å². The third-order valence-electron chi connectivity index (χ3n) is 3.96. The van der Waals surface area contributed by atoms with E-state index >= 15 is 0 Å². The molecule has 0 aromatic heterocycles. The molecule has 0 spiro atoms. The largest absolute Gasteiger partial charge is 0.372 e. The molecule has 2 fully saturated rings. The standard InChI is InChI=1S/C13H24N2O2.ClH/c1-4-13(6-5-7-14-13)12(16)15-8-10(2)17-11(3)9-15;/h10-11,14H,4-9H2,1-3H3;1H/t10-,11+,13?;. The third kappa shape index (κ3) is 2.98. The lowest BCUT2D eigenvalue weighted by Gasteiger charge is -2.40. The molecule has 0 aromatic rings. The molecule has 4 nitrogen and oxygen atoms in total. The maximum atomic E-state index is 12.7. The van der Waals surface area contributed by atoms with Crippen LogP contribution in [0, 0.1) is 0 Å². The summed E-state index contributed by atoms with van der Waals surface area (Å²) in [5, 5.41) is 3.41. The van der Waals surface area contributed by atoms with Crippen LogP contribution in [-0.2, 0) is 9.53 Å². The van der Waals surface area contributed by atoms with Gasteiger partial charge in [-0.1, -0.05) is 6.92 Å². The van der Waals surface area contributed by atoms with Gasteiger partial charge in [-0.25, -0.2) is 0 Å². The predicted molar refractivity (Wildman–Crippen MR) is 74.1 cm³/mol. The quantitative estimate of drug-likeness (QED) is 0.833. The van der Waals surface area contributed by atoms with Crippen molar-refractivity contribution in [3.8, 4) is 0 Å². The molecule has 0 radical (unpaired) electrons. The number of hydrogen-bond acceptors (Lipinski definition) is 3. The van der Waals surface area contributed by atoms with E-state index < -0.39 is 0 Å². The molecule has 1 N–H and O–H groups in total. The number of ether oxygens (including phenoxy) is 1. The molecule has 5 heteroatoms. The Hall–Kier alpha value is -0.320. The molecule has 2 aliphatic rings. The van der Waals surface area contributed by atoms with Gasteiger partial charge >= 0.3 is 0 Å². The van der Waals surface area contributed by atoms with Gasteiger partial charge in [-0.15, -0.1) is 12.4 Å². The van der Waals surface area contributed by atoms with Crippen molar-refractivity contribution in [1.29, 1.82) is 0 Å². The highest BCUT2D eigenvalue weighted by molar-refractivity contribution is 5.87. The van der Waals surface area contributed by atoms with Crippen LogP contribution >= 0.6 is 12.4 Å². The summed E-state index contributed by atoms with van der Waals surface area (Å²) in [7, 11) is 0. The number of morpholine rings is 1. The Morgan fingerprint density at radius 1 is 1.39 bits per heavy atom. The lowest BCUT2D eigenvalue weighted by atomic mass is 9.92. The van der Waals surface area contributed by atoms with E-state index in [4.69, 9.17) is 4.74 Å². The molecule has 0 saturated carbocycles. The summed E-state index contributed by atoms with van der Waals surface area (Å²) in [6.07, 6.45) is 3.26. The normalized spacial score (nSPS) is 36.3. The van der Waals surface area contributed by atoms with Gasteiger partial charge in [-0.05, 0) is 39.7 Å². The second-order valence-electron chi connectivity index (χ2n) is 5.43. The van der Waals surface area contributed by atoms with Crippen LogP contribution in [0.2, 0.25) is 0 Å². The molecule has 1 amide bonds. The first-order valence-corrected chi connectivity index (χ1v) is 6.77. The summed E-state index contributed by atoms with van der Waals surface area (Å²) in [5.41, 5.74) is -0.295. The first kappa shape index (κ1) is 15.7. The fourth-order valence-electron chi connectivity index (χ4n) is 3.09. The highest BCUT2D eigenvalue weighted by Crippen LogP contribution is 2.27. The Kier molecular flexibility index (Phi) is 5.44. The number of nitrogens with one attached hydrogen (secondary N) is 1. The minimum atomic E-state index is -0.295. The van der Waals surface area contributed by atoms with Gasteiger partial charge < -0.3 is 15.0 Å². The summed E-state index contributed by atoms with van der Waals surface area (Å²) >= 11 is 0. The average Bonchev–Trinajstić information content (AvgIpc) is 2.76. The Morgan fingerprint density at radius 3 is 2.44 bits per heavy atom. The summed E-state index contributed by atoms with van der Waals surface area (Å²) in [6, 6.07) is 0. The lowest BCUT2D eigenvalue weighted by Crippen LogP contribution is -2.59. The second kappa shape index (κ2) is 6.22. The zero-order valence-corrected chi connectivity index (χ0v) is 12.4. The average molecular weight is 277 g/mol. The first-order chi connectivity index (χ1) is 8.07. The van der Waals surface area contributed by atoms with Crippen molar-refractivity contribution in [2.45, 2.75) is 57.8 Å². The molecule has 0 aliphatic carbocycles. The fourth-order valence-corrected chi connectivity index (χ4v) is 3.09. The lowest BCUT2D eigenvalue weighted by molar-refractivity contribution is -0.149. The molecule has 18 heavy (non-hydrogen) atoms. The molecule has 0 aromatic carbocycles. The Bertz CT molecular complexity index is 283. The van der Waals surface area contributed by atoms with E-state index in [1.54, 1.807) is 0 Å². The van der Waals surface area contributed by atoms with Crippen LogP contribution in [0.4, 0.5) is 0 Å². The maximum absolute atomic E-state index is 12.7. The van der Waals surface area contributed by atoms with E-state index in [0.717, 1.165) is 38.9 Å². The summed E-state index contributed by atoms with van der Waals surface area (Å²) in [5.74, 6) is 0.277. The zero-order chi connectivity index (χ0) is 12.5. The summed E-state index contributed by atoms with van der Waals surface area (Å²) < 4.78 is 5.68. The van der Waals surface area contributed by atoms with Crippen molar-refractivity contribution in [1.82, 2.24) is 10.2 Å². The summed E-state index contributed by atoms with van der Waals surface area (Å²) in [4.78, 5) is 14.6. The smallest absolute Gasteiger partial charge is 0.243 e. The van der Waals surface area contributed by atoms with Gasteiger partial charge in [-0.2, -0.15) is 0 Å². The number of carbonyl (C=O) groups is 1. The molecule has 106 valence electrons. The van der Waals surface area contributed by atoms with Crippen LogP contribution in [0.1, 0.15) is 40.0 Å². The van der Waals surface area contributed by atoms with E-state index in [1.807, 2.05) is 18.7 Å². The second-order valence-corrected chi connectivity index (χ2v) is 5.43. The molecule has 2 heterocycles. The number of hydrogen-bond donors (Lipinski definition) is 1. The van der Waals surface area contributed by atoms with E-state index in [-0.39, 0.29) is 36.1 Å². The molecule has 3 atom stereocenters. The maximum Gasteiger partial charge on any atom is 0.243 e. The molecule has 0 bridgehead atoms. The molecular weight excluding hydrogens is 252 g/mol. The Morgan fingerprint density at radius 2 is 2.00 bits per heavy atom. The summed E-state index contributed by atoms with van der Waals surface area (Å²) in [6.45, 7) is 8.60. The fraction of sp³-hybridized carbons (Fsp3) is 0.923. The monoisotopic (exact) mass is 276 g/mol. The highest BCUT2D eigenvalue weighted by atomic mass is 35.5. The van der Waals surface area contributed by atoms with Gasteiger partial charge in [0.25, 0.3) is 0 Å². The van der Waals surface area contributed by atoms with Crippen molar-refractivity contribution in [2.24, 2.45) is 0 Å². The molecule has 2 rings (SSSR count). The SMILES string of the molecule is CCC1(C(=O)N2C[C@@H](C)O[C@@H](C)C2)CCCN1.Cl. The van der Waals surface area contributed by atoms with Gasteiger partial charge in [0.1, 0.15) is 0 Å². The van der Waals surface area contributed by atoms with Crippen LogP contribution in [0.15, 0.2) is 0 Å². The van der Waals surface area contributed by atoms with E-state index in [2.05, 4.69) is 12.2 Å². The van der Waals surface area contributed by atoms with Gasteiger partial charge in [0.05, 0.1) is 17.7 Å². The van der Waals surface area contributed by atoms with E-state index in [9.17, 15) is 4.79 Å². The van der Waals surface area contributed by atoms with Crippen molar-refractivity contribution in [3.05, 3.63) is 0 Å². The van der Waals surface area contributed by atoms with Crippen molar-refractivity contribution < 1.29 is 9.53 Å². The van der Waals surface area contributed by atoms with E-state index in [1.165, 1.54) is 0 Å². The van der Waals surface area contributed by atoms with Gasteiger partial charge in [0.15, 0.2) is 0 Å². The van der Waals surface area contributed by atoms with Crippen LogP contribution in [-0.4, -0.2) is 48.2 Å². The van der Waals surface area contributed by atoms with Crippen molar-refractivity contribution in [3.63, 3.8) is 0 Å². The molecular formula is C13H25ClN2O2. The predicted octanol–water partition coefficient (Wildman–Crippen LogP) is 1.58. The molecule has 1 unspecified atom stereocenters. The van der Waals surface area contributed by atoms with Crippen LogP contribution < -0.4 is 5.32 Å². The molecule has 2 saturated heterocycles. The van der Waals surface area contributed by atoms with Crippen molar-refractivity contribution >= 4 is 18.3 Å². The minimum absolute atomic E-state index is 0. The number of rotatable bonds is 2. The topological polar surface area (TPSA) is 41.6 Å². The first-order valence-electron chi connectivity index (χ1n) is 6.77. The van der Waals surface area contributed by atoms with Crippen LogP contribution in [0.5, 0.6) is 0 Å². The van der Waals surface area contributed by atoms with Crippen LogP contribution in [0.25, 0.3) is 0 Å². The number of nitrogens with zero attached hydrogens (tertiary/aromatic N) is 1. The van der Waals surface area contributed by atoms with Gasteiger partial charge in [0.2, 0.25) is 5.91 Å². The highest BCUT2D eigenvalue weighted by Gasteiger charge is 2.43. The van der Waals surface area contributed by atoms with E-state index in [0.29, 0.717) is 0 Å². The number of amides is 1. The van der Waals surface area contributed by atoms with Crippen molar-refractivity contribution in [2.75, 3.05) is 19.6 Å². The van der Waals surface area contributed by atoms with Gasteiger partial charge in [-0.3, -0.25) is 4.79 Å².